The van der Waals surface area contributed by atoms with Gasteiger partial charge in [-0.05, 0) is 37.1 Å². The minimum absolute atomic E-state index is 0.0510. The molecule has 1 aromatic carbocycles. The van der Waals surface area contributed by atoms with Crippen molar-refractivity contribution in [1.29, 1.82) is 0 Å². The highest BCUT2D eigenvalue weighted by molar-refractivity contribution is 5.92. The van der Waals surface area contributed by atoms with E-state index in [0.29, 0.717) is 0 Å². The van der Waals surface area contributed by atoms with Crippen molar-refractivity contribution in [1.82, 2.24) is 5.32 Å². The maximum atomic E-state index is 11.6. The molecular weight excluding hydrogens is 228 g/mol. The van der Waals surface area contributed by atoms with E-state index in [4.69, 9.17) is 0 Å². The average molecular weight is 248 g/mol. The molecule has 1 aliphatic heterocycles. The van der Waals surface area contributed by atoms with Gasteiger partial charge in [0.2, 0.25) is 5.91 Å². The van der Waals surface area contributed by atoms with Crippen molar-refractivity contribution in [3.63, 3.8) is 0 Å². The number of nitrogens with one attached hydrogen (secondary N) is 1. The Labute approximate surface area is 108 Å². The average Bonchev–Trinajstić information content (AvgIpc) is 2.39. The van der Waals surface area contributed by atoms with Crippen molar-refractivity contribution in [3.8, 4) is 0 Å². The molecule has 4 heteroatoms. The number of nitrogens with zero attached hydrogens (tertiary/aromatic N) is 1. The number of carbonyl (C=O) groups is 1. The fraction of sp³-hybridized carbons (Fsp3) is 0.500. The van der Waals surface area contributed by atoms with E-state index in [2.05, 4.69) is 11.4 Å². The van der Waals surface area contributed by atoms with Crippen LogP contribution in [0.4, 0.5) is 5.69 Å². The summed E-state index contributed by atoms with van der Waals surface area (Å²) < 4.78 is 0. The molecule has 98 valence electrons. The standard InChI is InChI=1S/C14H20N2O2/c1-10(18)16-7-3-4-11-5-6-12(8-14(11)16)13(9-17)15-2/h5-6,8,13,15,17H,3-4,7,9H2,1-2H3. The van der Waals surface area contributed by atoms with Crippen LogP contribution in [0.15, 0.2) is 18.2 Å². The van der Waals surface area contributed by atoms with Gasteiger partial charge >= 0.3 is 0 Å². The Hall–Kier alpha value is -1.39. The monoisotopic (exact) mass is 248 g/mol. The van der Waals surface area contributed by atoms with Crippen molar-refractivity contribution in [2.24, 2.45) is 0 Å². The lowest BCUT2D eigenvalue weighted by molar-refractivity contribution is -0.116. The number of anilines is 1. The van der Waals surface area contributed by atoms with E-state index >= 15 is 0 Å². The van der Waals surface area contributed by atoms with Crippen molar-refractivity contribution in [2.45, 2.75) is 25.8 Å². The number of amides is 1. The Kier molecular flexibility index (Phi) is 3.99. The molecule has 1 unspecified atom stereocenters. The van der Waals surface area contributed by atoms with Crippen LogP contribution in [0.5, 0.6) is 0 Å². The molecule has 4 nitrogen and oxygen atoms in total. The zero-order chi connectivity index (χ0) is 13.1. The summed E-state index contributed by atoms with van der Waals surface area (Å²) in [5.74, 6) is 0.0816. The van der Waals surface area contributed by atoms with Crippen LogP contribution in [0, 0.1) is 0 Å². The fourth-order valence-corrected chi connectivity index (χ4v) is 2.50. The first-order valence-electron chi connectivity index (χ1n) is 6.36. The van der Waals surface area contributed by atoms with Gasteiger partial charge in [0.15, 0.2) is 0 Å². The Morgan fingerprint density at radius 3 is 2.94 bits per heavy atom. The van der Waals surface area contributed by atoms with E-state index < -0.39 is 0 Å². The third-order valence-electron chi connectivity index (χ3n) is 3.54. The molecule has 0 aromatic heterocycles. The molecule has 0 radical (unpaired) electrons. The highest BCUT2D eigenvalue weighted by Crippen LogP contribution is 2.30. The third kappa shape index (κ3) is 2.40. The van der Waals surface area contributed by atoms with Crippen molar-refractivity contribution in [3.05, 3.63) is 29.3 Å². The zero-order valence-electron chi connectivity index (χ0n) is 10.9. The SMILES string of the molecule is CNC(CO)c1ccc2c(c1)N(C(C)=O)CCC2. The second kappa shape index (κ2) is 5.50. The molecule has 0 aliphatic carbocycles. The van der Waals surface area contributed by atoms with Crippen LogP contribution < -0.4 is 10.2 Å². The van der Waals surface area contributed by atoms with E-state index in [1.54, 1.807) is 6.92 Å². The maximum Gasteiger partial charge on any atom is 0.223 e. The molecular formula is C14H20N2O2. The summed E-state index contributed by atoms with van der Waals surface area (Å²) in [6, 6.07) is 6.04. The van der Waals surface area contributed by atoms with Gasteiger partial charge in [-0.3, -0.25) is 4.79 Å². The highest BCUT2D eigenvalue weighted by Gasteiger charge is 2.21. The molecule has 2 rings (SSSR count). The summed E-state index contributed by atoms with van der Waals surface area (Å²) in [7, 11) is 1.82. The van der Waals surface area contributed by atoms with Crippen LogP contribution in [0.25, 0.3) is 0 Å². The summed E-state index contributed by atoms with van der Waals surface area (Å²) in [5, 5.41) is 12.4. The minimum Gasteiger partial charge on any atom is -0.394 e. The number of hydrogen-bond acceptors (Lipinski definition) is 3. The minimum atomic E-state index is -0.0777. The molecule has 0 saturated heterocycles. The Bertz CT molecular complexity index is 441. The van der Waals surface area contributed by atoms with Crippen LogP contribution in [0.2, 0.25) is 0 Å². The van der Waals surface area contributed by atoms with Crippen molar-refractivity contribution in [2.75, 3.05) is 25.1 Å². The number of rotatable bonds is 3. The molecule has 1 heterocycles. The molecule has 1 amide bonds. The van der Waals surface area contributed by atoms with E-state index in [1.807, 2.05) is 24.1 Å². The number of aliphatic hydroxyl groups excluding tert-OH is 1. The number of hydrogen-bond donors (Lipinski definition) is 2. The summed E-state index contributed by atoms with van der Waals surface area (Å²) in [6.07, 6.45) is 2.03. The molecule has 0 bridgehead atoms. The predicted molar refractivity (Wildman–Crippen MR) is 71.7 cm³/mol. The number of fused-ring (bicyclic) bond motifs is 1. The van der Waals surface area contributed by atoms with Crippen LogP contribution in [-0.4, -0.2) is 31.2 Å². The lowest BCUT2D eigenvalue weighted by Crippen LogP contribution is -2.34. The normalized spacial score (nSPS) is 16.3. The van der Waals surface area contributed by atoms with Gasteiger partial charge in [0.05, 0.1) is 12.6 Å². The van der Waals surface area contributed by atoms with Crippen LogP contribution >= 0.6 is 0 Å². The Morgan fingerprint density at radius 2 is 2.33 bits per heavy atom. The molecule has 18 heavy (non-hydrogen) atoms. The van der Waals surface area contributed by atoms with Crippen LogP contribution in [-0.2, 0) is 11.2 Å². The van der Waals surface area contributed by atoms with Gasteiger partial charge < -0.3 is 15.3 Å². The first kappa shape index (κ1) is 13.1. The smallest absolute Gasteiger partial charge is 0.223 e. The lowest BCUT2D eigenvalue weighted by Gasteiger charge is -2.29. The van der Waals surface area contributed by atoms with Gasteiger partial charge in [-0.1, -0.05) is 12.1 Å². The number of carbonyl (C=O) groups excluding carboxylic acids is 1. The fourth-order valence-electron chi connectivity index (χ4n) is 2.50. The second-order valence-corrected chi connectivity index (χ2v) is 4.69. The van der Waals surface area contributed by atoms with Gasteiger partial charge in [0.25, 0.3) is 0 Å². The first-order valence-corrected chi connectivity index (χ1v) is 6.36. The molecule has 0 spiro atoms. The molecule has 0 saturated carbocycles. The summed E-state index contributed by atoms with van der Waals surface area (Å²) in [6.45, 7) is 2.44. The summed E-state index contributed by atoms with van der Waals surface area (Å²) in [5.41, 5.74) is 3.24. The topological polar surface area (TPSA) is 52.6 Å². The van der Waals surface area contributed by atoms with E-state index in [0.717, 1.165) is 30.6 Å². The number of aliphatic hydroxyl groups is 1. The summed E-state index contributed by atoms with van der Waals surface area (Å²) in [4.78, 5) is 13.5. The summed E-state index contributed by atoms with van der Waals surface area (Å²) >= 11 is 0. The van der Waals surface area contributed by atoms with E-state index in [9.17, 15) is 9.90 Å². The van der Waals surface area contributed by atoms with E-state index in [-0.39, 0.29) is 18.6 Å². The lowest BCUT2D eigenvalue weighted by atomic mass is 9.97. The molecule has 1 atom stereocenters. The van der Waals surface area contributed by atoms with Crippen molar-refractivity contribution >= 4 is 11.6 Å². The van der Waals surface area contributed by atoms with Gasteiger partial charge in [-0.2, -0.15) is 0 Å². The number of aryl methyl sites for hydroxylation is 1. The maximum absolute atomic E-state index is 11.6. The molecule has 1 aliphatic rings. The Morgan fingerprint density at radius 1 is 1.56 bits per heavy atom. The Balaban J connectivity index is 2.39. The number of likely N-dealkylation sites (N-methyl/N-ethyl adjacent to an activating group) is 1. The first-order chi connectivity index (χ1) is 8.67. The van der Waals surface area contributed by atoms with Crippen molar-refractivity contribution < 1.29 is 9.90 Å². The third-order valence-corrected chi connectivity index (χ3v) is 3.54. The van der Waals surface area contributed by atoms with Gasteiger partial charge in [0, 0.05) is 19.2 Å². The van der Waals surface area contributed by atoms with Gasteiger partial charge in [0.1, 0.15) is 0 Å². The molecule has 2 N–H and O–H groups in total. The molecule has 0 fully saturated rings. The highest BCUT2D eigenvalue weighted by atomic mass is 16.3. The van der Waals surface area contributed by atoms with E-state index in [1.165, 1.54) is 5.56 Å². The molecule has 1 aromatic rings. The van der Waals surface area contributed by atoms with Crippen LogP contribution in [0.3, 0.4) is 0 Å². The largest absolute Gasteiger partial charge is 0.394 e. The van der Waals surface area contributed by atoms with Gasteiger partial charge in [-0.25, -0.2) is 0 Å². The zero-order valence-corrected chi connectivity index (χ0v) is 10.9. The quantitative estimate of drug-likeness (QED) is 0.846. The predicted octanol–water partition coefficient (Wildman–Crippen LogP) is 1.24. The second-order valence-electron chi connectivity index (χ2n) is 4.69. The van der Waals surface area contributed by atoms with Gasteiger partial charge in [-0.15, -0.1) is 0 Å². The van der Waals surface area contributed by atoms with Crippen LogP contribution in [0.1, 0.15) is 30.5 Å². The number of benzene rings is 1.